The Bertz CT molecular complexity index is 422. The molecule has 0 aliphatic rings. The summed E-state index contributed by atoms with van der Waals surface area (Å²) in [5, 5.41) is 0. The van der Waals surface area contributed by atoms with Crippen molar-refractivity contribution >= 4 is 11.7 Å². The lowest BCUT2D eigenvalue weighted by Gasteiger charge is -2.04. The van der Waals surface area contributed by atoms with Crippen LogP contribution in [-0.2, 0) is 15.7 Å². The van der Waals surface area contributed by atoms with Gasteiger partial charge in [0.05, 0.1) is 7.11 Å². The van der Waals surface area contributed by atoms with Gasteiger partial charge in [0, 0.05) is 12.4 Å². The molecule has 0 fully saturated rings. The number of nitrogens with zero attached hydrogens (tertiary/aromatic N) is 2. The molecule has 0 saturated carbocycles. The minimum atomic E-state index is -4.57. The SMILES string of the molecule is COC(=O)/C(=C\N)n1cnc(C(F)(F)F)c1. The Labute approximate surface area is 88.3 Å². The Morgan fingerprint density at radius 1 is 1.62 bits per heavy atom. The average Bonchev–Trinajstić information content (AvgIpc) is 2.67. The summed E-state index contributed by atoms with van der Waals surface area (Å²) < 4.78 is 41.8. The smallest absolute Gasteiger partial charge is 0.434 e. The van der Waals surface area contributed by atoms with Gasteiger partial charge in [-0.2, -0.15) is 13.2 Å². The third kappa shape index (κ3) is 2.33. The van der Waals surface area contributed by atoms with Crippen molar-refractivity contribution < 1.29 is 22.7 Å². The summed E-state index contributed by atoms with van der Waals surface area (Å²) in [6.07, 6.45) is -2.25. The van der Waals surface area contributed by atoms with Gasteiger partial charge in [-0.05, 0) is 0 Å². The van der Waals surface area contributed by atoms with Gasteiger partial charge in [0.15, 0.2) is 5.69 Å². The quantitative estimate of drug-likeness (QED) is 0.609. The molecule has 1 rings (SSSR count). The van der Waals surface area contributed by atoms with Crippen LogP contribution in [0.15, 0.2) is 18.7 Å². The first kappa shape index (κ1) is 12.1. The predicted molar refractivity (Wildman–Crippen MR) is 47.7 cm³/mol. The highest BCUT2D eigenvalue weighted by atomic mass is 19.4. The highest BCUT2D eigenvalue weighted by Crippen LogP contribution is 2.27. The van der Waals surface area contributed by atoms with Gasteiger partial charge < -0.3 is 10.5 Å². The average molecular weight is 235 g/mol. The maximum Gasteiger partial charge on any atom is 0.434 e. The number of aromatic nitrogens is 2. The molecule has 0 amide bonds. The molecule has 0 radical (unpaired) electrons. The van der Waals surface area contributed by atoms with E-state index in [0.717, 1.165) is 24.2 Å². The van der Waals surface area contributed by atoms with Crippen molar-refractivity contribution in [3.63, 3.8) is 0 Å². The normalized spacial score (nSPS) is 12.6. The monoisotopic (exact) mass is 235 g/mol. The molecule has 0 spiro atoms. The topological polar surface area (TPSA) is 70.1 Å². The summed E-state index contributed by atoms with van der Waals surface area (Å²) in [6.45, 7) is 0. The van der Waals surface area contributed by atoms with Crippen LogP contribution < -0.4 is 5.73 Å². The van der Waals surface area contributed by atoms with E-state index in [0.29, 0.717) is 6.20 Å². The second kappa shape index (κ2) is 4.25. The van der Waals surface area contributed by atoms with Crippen LogP contribution in [0.2, 0.25) is 0 Å². The highest BCUT2D eigenvalue weighted by Gasteiger charge is 2.34. The van der Waals surface area contributed by atoms with Gasteiger partial charge in [-0.1, -0.05) is 0 Å². The number of esters is 1. The molecule has 0 aliphatic heterocycles. The lowest BCUT2D eigenvalue weighted by Crippen LogP contribution is -2.11. The van der Waals surface area contributed by atoms with Crippen molar-refractivity contribution in [2.75, 3.05) is 7.11 Å². The lowest BCUT2D eigenvalue weighted by molar-refractivity contribution is -0.141. The first-order chi connectivity index (χ1) is 7.40. The zero-order chi connectivity index (χ0) is 12.3. The molecular weight excluding hydrogens is 227 g/mol. The first-order valence-corrected chi connectivity index (χ1v) is 4.02. The zero-order valence-corrected chi connectivity index (χ0v) is 8.15. The van der Waals surface area contributed by atoms with Crippen LogP contribution in [0.3, 0.4) is 0 Å². The minimum absolute atomic E-state index is 0.245. The second-order valence-corrected chi connectivity index (χ2v) is 2.71. The van der Waals surface area contributed by atoms with E-state index in [-0.39, 0.29) is 5.70 Å². The molecule has 0 atom stereocenters. The lowest BCUT2D eigenvalue weighted by atomic mass is 10.4. The van der Waals surface area contributed by atoms with Crippen molar-refractivity contribution in [3.8, 4) is 0 Å². The van der Waals surface area contributed by atoms with E-state index in [1.165, 1.54) is 0 Å². The van der Waals surface area contributed by atoms with E-state index in [1.54, 1.807) is 0 Å². The fourth-order valence-electron chi connectivity index (χ4n) is 0.965. The van der Waals surface area contributed by atoms with E-state index in [9.17, 15) is 18.0 Å². The number of hydrogen-bond acceptors (Lipinski definition) is 4. The Kier molecular flexibility index (Phi) is 3.21. The Morgan fingerprint density at radius 2 is 2.25 bits per heavy atom. The van der Waals surface area contributed by atoms with Crippen LogP contribution in [0.4, 0.5) is 13.2 Å². The number of nitrogens with two attached hydrogens (primary N) is 1. The Hall–Kier alpha value is -1.99. The van der Waals surface area contributed by atoms with Gasteiger partial charge in [-0.25, -0.2) is 9.78 Å². The van der Waals surface area contributed by atoms with Gasteiger partial charge in [0.2, 0.25) is 0 Å². The van der Waals surface area contributed by atoms with Gasteiger partial charge >= 0.3 is 12.1 Å². The molecule has 1 aromatic rings. The highest BCUT2D eigenvalue weighted by molar-refractivity contribution is 6.09. The number of hydrogen-bond donors (Lipinski definition) is 1. The summed E-state index contributed by atoms with van der Waals surface area (Å²) in [7, 11) is 1.09. The summed E-state index contributed by atoms with van der Waals surface area (Å²) in [4.78, 5) is 14.2. The summed E-state index contributed by atoms with van der Waals surface area (Å²) >= 11 is 0. The van der Waals surface area contributed by atoms with Gasteiger partial charge in [0.25, 0.3) is 0 Å². The summed E-state index contributed by atoms with van der Waals surface area (Å²) in [6, 6.07) is 0. The van der Waals surface area contributed by atoms with Crippen LogP contribution in [-0.4, -0.2) is 22.6 Å². The Balaban J connectivity index is 3.06. The Morgan fingerprint density at radius 3 is 2.62 bits per heavy atom. The molecule has 5 nitrogen and oxygen atoms in total. The molecule has 16 heavy (non-hydrogen) atoms. The molecule has 0 unspecified atom stereocenters. The van der Waals surface area contributed by atoms with E-state index >= 15 is 0 Å². The van der Waals surface area contributed by atoms with Crippen molar-refractivity contribution in [2.24, 2.45) is 5.73 Å². The number of rotatable bonds is 2. The van der Waals surface area contributed by atoms with Crippen molar-refractivity contribution in [1.82, 2.24) is 9.55 Å². The van der Waals surface area contributed by atoms with Crippen LogP contribution in [0.25, 0.3) is 5.70 Å². The maximum absolute atomic E-state index is 12.2. The number of imidazole rings is 1. The number of alkyl halides is 3. The van der Waals surface area contributed by atoms with Crippen LogP contribution in [0.5, 0.6) is 0 Å². The second-order valence-electron chi connectivity index (χ2n) is 2.71. The molecule has 0 aliphatic carbocycles. The fraction of sp³-hybridized carbons (Fsp3) is 0.250. The molecule has 0 bridgehead atoms. The number of methoxy groups -OCH3 is 1. The molecule has 88 valence electrons. The number of halogens is 3. The van der Waals surface area contributed by atoms with E-state index in [1.807, 2.05) is 0 Å². The molecule has 1 heterocycles. The number of carbonyl (C=O) groups excluding carboxylic acids is 1. The van der Waals surface area contributed by atoms with Crippen LogP contribution in [0, 0.1) is 0 Å². The van der Waals surface area contributed by atoms with Crippen molar-refractivity contribution in [2.45, 2.75) is 6.18 Å². The van der Waals surface area contributed by atoms with Gasteiger partial charge in [-0.15, -0.1) is 0 Å². The largest absolute Gasteiger partial charge is 0.464 e. The minimum Gasteiger partial charge on any atom is -0.464 e. The number of ether oxygens (including phenoxy) is 1. The summed E-state index contributed by atoms with van der Waals surface area (Å²) in [5.41, 5.74) is 3.75. The third-order valence-corrected chi connectivity index (χ3v) is 1.70. The maximum atomic E-state index is 12.2. The summed E-state index contributed by atoms with van der Waals surface area (Å²) in [5.74, 6) is -0.853. The van der Waals surface area contributed by atoms with E-state index in [4.69, 9.17) is 5.73 Å². The number of carbonyl (C=O) groups is 1. The van der Waals surface area contributed by atoms with E-state index < -0.39 is 17.8 Å². The van der Waals surface area contributed by atoms with Crippen molar-refractivity contribution in [3.05, 3.63) is 24.4 Å². The van der Waals surface area contributed by atoms with Gasteiger partial charge in [-0.3, -0.25) is 4.57 Å². The molecule has 0 aromatic carbocycles. The first-order valence-electron chi connectivity index (χ1n) is 4.02. The van der Waals surface area contributed by atoms with E-state index in [2.05, 4.69) is 9.72 Å². The fourth-order valence-corrected chi connectivity index (χ4v) is 0.965. The zero-order valence-electron chi connectivity index (χ0n) is 8.15. The molecule has 8 heteroatoms. The molecule has 0 saturated heterocycles. The standard InChI is InChI=1S/C8H8F3N3O2/c1-16-7(15)5(2-12)14-3-6(13-4-14)8(9,10)11/h2-4H,12H2,1H3/b5-2+. The molecule has 2 N–H and O–H groups in total. The van der Waals surface area contributed by atoms with Gasteiger partial charge in [0.1, 0.15) is 12.0 Å². The molecular formula is C8H8F3N3O2. The van der Waals surface area contributed by atoms with Crippen molar-refractivity contribution in [1.29, 1.82) is 0 Å². The van der Waals surface area contributed by atoms with Crippen LogP contribution >= 0.6 is 0 Å². The van der Waals surface area contributed by atoms with Crippen LogP contribution in [0.1, 0.15) is 5.69 Å². The molecule has 1 aromatic heterocycles. The predicted octanol–water partition coefficient (Wildman–Crippen LogP) is 0.832. The third-order valence-electron chi connectivity index (χ3n) is 1.70.